The van der Waals surface area contributed by atoms with Crippen molar-refractivity contribution in [2.75, 3.05) is 0 Å². The van der Waals surface area contributed by atoms with Gasteiger partial charge in [0, 0.05) is 0 Å². The molecule has 3 aromatic carbocycles. The molecule has 0 spiro atoms. The van der Waals surface area contributed by atoms with Gasteiger partial charge >= 0.3 is 0 Å². The zero-order valence-corrected chi connectivity index (χ0v) is 14.0. The van der Waals surface area contributed by atoms with Crippen LogP contribution in [0.15, 0.2) is 54.6 Å². The van der Waals surface area contributed by atoms with Crippen molar-refractivity contribution in [3.63, 3.8) is 0 Å². The van der Waals surface area contributed by atoms with Crippen molar-refractivity contribution in [2.24, 2.45) is 23.7 Å². The van der Waals surface area contributed by atoms with Gasteiger partial charge in [0.05, 0.1) is 0 Å². The van der Waals surface area contributed by atoms with Crippen LogP contribution in [0.2, 0.25) is 0 Å². The topological polar surface area (TPSA) is 0 Å². The molecule has 0 aromatic heterocycles. The Balaban J connectivity index is 1.75. The van der Waals surface area contributed by atoms with Gasteiger partial charge < -0.3 is 0 Å². The standard InChI is InChI=1S/C23H24/c1-14-15(2)21-12-17(14)13-23(21)22-11-16-7-3-4-8-18(16)19-9-5-6-10-20(19)22/h3-11,14-15,17,21,23H,12-13H2,1-2H3/t14?,15?,17-,21-,23+/m0/s1. The molecule has 2 aliphatic rings. The van der Waals surface area contributed by atoms with Crippen molar-refractivity contribution in [1.82, 2.24) is 0 Å². The van der Waals surface area contributed by atoms with Gasteiger partial charge in [-0.05, 0) is 69.5 Å². The highest BCUT2D eigenvalue weighted by molar-refractivity contribution is 6.09. The van der Waals surface area contributed by atoms with Crippen LogP contribution >= 0.6 is 0 Å². The number of benzene rings is 3. The Kier molecular flexibility index (Phi) is 2.86. The fourth-order valence-electron chi connectivity index (χ4n) is 5.69. The molecule has 0 saturated heterocycles. The molecule has 0 N–H and O–H groups in total. The van der Waals surface area contributed by atoms with Crippen LogP contribution in [0.5, 0.6) is 0 Å². The van der Waals surface area contributed by atoms with Gasteiger partial charge in [0.25, 0.3) is 0 Å². The average Bonchev–Trinajstić information content (AvgIpc) is 3.14. The lowest BCUT2D eigenvalue weighted by atomic mass is 9.72. The Bertz CT molecular complexity index is 889. The summed E-state index contributed by atoms with van der Waals surface area (Å²) in [6.07, 6.45) is 2.85. The van der Waals surface area contributed by atoms with Crippen LogP contribution < -0.4 is 0 Å². The summed E-state index contributed by atoms with van der Waals surface area (Å²) in [4.78, 5) is 0. The lowest BCUT2D eigenvalue weighted by molar-refractivity contribution is 0.233. The molecule has 2 bridgehead atoms. The van der Waals surface area contributed by atoms with Gasteiger partial charge in [0.15, 0.2) is 0 Å². The average molecular weight is 300 g/mol. The fraction of sp³-hybridized carbons (Fsp3) is 0.391. The minimum atomic E-state index is 0.765. The van der Waals surface area contributed by atoms with Gasteiger partial charge in [-0.2, -0.15) is 0 Å². The predicted octanol–water partition coefficient (Wildman–Crippen LogP) is 6.39. The smallest absolute Gasteiger partial charge is 0.0103 e. The van der Waals surface area contributed by atoms with E-state index in [9.17, 15) is 0 Å². The Labute approximate surface area is 138 Å². The lowest BCUT2D eigenvalue weighted by Crippen LogP contribution is -2.23. The summed E-state index contributed by atoms with van der Waals surface area (Å²) in [6, 6.07) is 20.4. The van der Waals surface area contributed by atoms with Crippen LogP contribution in [0.25, 0.3) is 21.5 Å². The normalized spacial score (nSPS) is 32.9. The van der Waals surface area contributed by atoms with E-state index in [0.717, 1.165) is 29.6 Å². The minimum Gasteiger partial charge on any atom is -0.0620 e. The van der Waals surface area contributed by atoms with Gasteiger partial charge in [-0.15, -0.1) is 0 Å². The molecule has 2 saturated carbocycles. The van der Waals surface area contributed by atoms with Crippen molar-refractivity contribution in [2.45, 2.75) is 32.6 Å². The van der Waals surface area contributed by atoms with Crippen molar-refractivity contribution in [3.8, 4) is 0 Å². The van der Waals surface area contributed by atoms with Crippen LogP contribution in [0.4, 0.5) is 0 Å². The molecule has 0 aliphatic heterocycles. The van der Waals surface area contributed by atoms with E-state index < -0.39 is 0 Å². The van der Waals surface area contributed by atoms with Crippen LogP contribution in [0.1, 0.15) is 38.2 Å². The predicted molar refractivity (Wildman–Crippen MR) is 98.7 cm³/mol. The molecule has 2 aliphatic carbocycles. The van der Waals surface area contributed by atoms with Crippen LogP contribution in [-0.4, -0.2) is 0 Å². The van der Waals surface area contributed by atoms with E-state index in [1.165, 1.54) is 34.4 Å². The SMILES string of the molecule is CC1C(C)[C@@H]2C[C@H]1C[C@H]2c1cc2ccccc2c2ccccc12. The van der Waals surface area contributed by atoms with Crippen LogP contribution in [0, 0.1) is 23.7 Å². The quantitative estimate of drug-likeness (QED) is 0.457. The molecule has 5 atom stereocenters. The molecule has 0 nitrogen and oxygen atoms in total. The minimum absolute atomic E-state index is 0.765. The molecule has 23 heavy (non-hydrogen) atoms. The fourth-order valence-corrected chi connectivity index (χ4v) is 5.69. The van der Waals surface area contributed by atoms with E-state index in [1.807, 2.05) is 0 Å². The van der Waals surface area contributed by atoms with E-state index in [2.05, 4.69) is 68.4 Å². The summed E-state index contributed by atoms with van der Waals surface area (Å²) in [6.45, 7) is 4.97. The number of fused-ring (bicyclic) bond motifs is 5. The van der Waals surface area contributed by atoms with E-state index in [-0.39, 0.29) is 0 Å². The molecular formula is C23H24. The van der Waals surface area contributed by atoms with Crippen LogP contribution in [0.3, 0.4) is 0 Å². The van der Waals surface area contributed by atoms with Crippen molar-refractivity contribution < 1.29 is 0 Å². The van der Waals surface area contributed by atoms with Gasteiger partial charge in [-0.1, -0.05) is 68.4 Å². The first-order chi connectivity index (χ1) is 11.2. The Morgan fingerprint density at radius 2 is 1.43 bits per heavy atom. The molecule has 0 heteroatoms. The largest absolute Gasteiger partial charge is 0.0620 e. The third-order valence-corrected chi connectivity index (χ3v) is 7.10. The highest BCUT2D eigenvalue weighted by Crippen LogP contribution is 2.59. The molecule has 116 valence electrons. The maximum atomic E-state index is 2.50. The summed E-state index contributed by atoms with van der Waals surface area (Å²) >= 11 is 0. The Morgan fingerprint density at radius 1 is 0.739 bits per heavy atom. The van der Waals surface area contributed by atoms with Crippen molar-refractivity contribution >= 4 is 21.5 Å². The molecule has 0 radical (unpaired) electrons. The molecular weight excluding hydrogens is 276 g/mol. The second-order valence-corrected chi connectivity index (χ2v) is 7.95. The van der Waals surface area contributed by atoms with Crippen molar-refractivity contribution in [3.05, 3.63) is 60.2 Å². The van der Waals surface area contributed by atoms with Gasteiger partial charge in [-0.3, -0.25) is 0 Å². The number of hydrogen-bond acceptors (Lipinski definition) is 0. The molecule has 5 rings (SSSR count). The molecule has 0 heterocycles. The molecule has 2 fully saturated rings. The van der Waals surface area contributed by atoms with E-state index in [0.29, 0.717) is 0 Å². The van der Waals surface area contributed by atoms with E-state index in [4.69, 9.17) is 0 Å². The highest BCUT2D eigenvalue weighted by atomic mass is 14.5. The first-order valence-corrected chi connectivity index (χ1v) is 9.14. The van der Waals surface area contributed by atoms with Crippen molar-refractivity contribution in [1.29, 1.82) is 0 Å². The van der Waals surface area contributed by atoms with Gasteiger partial charge in [-0.25, -0.2) is 0 Å². The summed E-state index contributed by atoms with van der Waals surface area (Å²) in [5, 5.41) is 5.73. The number of hydrogen-bond donors (Lipinski definition) is 0. The first kappa shape index (κ1) is 13.6. The number of rotatable bonds is 1. The van der Waals surface area contributed by atoms with Gasteiger partial charge in [0.1, 0.15) is 0 Å². The lowest BCUT2D eigenvalue weighted by Gasteiger charge is -2.33. The molecule has 0 amide bonds. The first-order valence-electron chi connectivity index (χ1n) is 9.14. The zero-order valence-electron chi connectivity index (χ0n) is 14.0. The Hall–Kier alpha value is -1.82. The highest BCUT2D eigenvalue weighted by Gasteiger charge is 2.49. The third kappa shape index (κ3) is 1.84. The van der Waals surface area contributed by atoms with Gasteiger partial charge in [0.2, 0.25) is 0 Å². The Morgan fingerprint density at radius 3 is 2.17 bits per heavy atom. The molecule has 2 unspecified atom stereocenters. The van der Waals surface area contributed by atoms with E-state index >= 15 is 0 Å². The summed E-state index contributed by atoms with van der Waals surface area (Å²) in [7, 11) is 0. The third-order valence-electron chi connectivity index (χ3n) is 7.10. The summed E-state index contributed by atoms with van der Waals surface area (Å²) in [5.74, 6) is 4.40. The van der Waals surface area contributed by atoms with Crippen LogP contribution in [-0.2, 0) is 0 Å². The maximum Gasteiger partial charge on any atom is -0.0103 e. The summed E-state index contributed by atoms with van der Waals surface area (Å²) < 4.78 is 0. The second-order valence-electron chi connectivity index (χ2n) is 7.95. The molecule has 3 aromatic rings. The second kappa shape index (κ2) is 4.84. The zero-order chi connectivity index (χ0) is 15.6. The summed E-state index contributed by atoms with van der Waals surface area (Å²) in [5.41, 5.74) is 1.62. The van der Waals surface area contributed by atoms with E-state index in [1.54, 1.807) is 5.56 Å². The monoisotopic (exact) mass is 300 g/mol. The maximum absolute atomic E-state index is 2.50.